The van der Waals surface area contributed by atoms with Crippen molar-refractivity contribution in [1.82, 2.24) is 15.0 Å². The summed E-state index contributed by atoms with van der Waals surface area (Å²) in [5.41, 5.74) is 3.97. The first-order valence-corrected chi connectivity index (χ1v) is 12.1. The first kappa shape index (κ1) is 22.4. The number of halogens is 1. The highest BCUT2D eigenvalue weighted by Gasteiger charge is 2.12. The Morgan fingerprint density at radius 3 is 2.33 bits per heavy atom. The van der Waals surface area contributed by atoms with E-state index in [-0.39, 0.29) is 5.82 Å². The summed E-state index contributed by atoms with van der Waals surface area (Å²) in [5, 5.41) is 3.16. The van der Waals surface area contributed by atoms with Crippen LogP contribution in [0.3, 0.4) is 0 Å². The number of fused-ring (bicyclic) bond motifs is 1. The molecule has 0 aliphatic carbocycles. The molecule has 0 saturated heterocycles. The predicted octanol–water partition coefficient (Wildman–Crippen LogP) is 4.21. The van der Waals surface area contributed by atoms with Crippen LogP contribution in [0.4, 0.5) is 16.0 Å². The van der Waals surface area contributed by atoms with Gasteiger partial charge < -0.3 is 10.1 Å². The summed E-state index contributed by atoms with van der Waals surface area (Å²) in [6.07, 6.45) is 1.10. The van der Waals surface area contributed by atoms with Gasteiger partial charge in [-0.05, 0) is 61.0 Å². The van der Waals surface area contributed by atoms with Gasteiger partial charge in [0.2, 0.25) is 21.9 Å². The number of nitrogens with one attached hydrogen (secondary N) is 2. The van der Waals surface area contributed by atoms with Crippen molar-refractivity contribution in [3.63, 3.8) is 0 Å². The van der Waals surface area contributed by atoms with E-state index in [9.17, 15) is 12.8 Å². The molecule has 2 aromatic carbocycles. The molecule has 4 rings (SSSR count). The van der Waals surface area contributed by atoms with Crippen LogP contribution < -0.4 is 14.8 Å². The molecule has 0 aliphatic heterocycles. The van der Waals surface area contributed by atoms with Gasteiger partial charge in [-0.25, -0.2) is 22.8 Å². The summed E-state index contributed by atoms with van der Waals surface area (Å²) < 4.78 is 44.0. The molecular formula is C23H22FN5O3S. The second kappa shape index (κ2) is 9.37. The third-order valence-corrected chi connectivity index (χ3v) is 5.25. The fourth-order valence-electron chi connectivity index (χ4n) is 3.17. The van der Waals surface area contributed by atoms with Crippen molar-refractivity contribution in [2.75, 3.05) is 22.9 Å². The topological polar surface area (TPSA) is 106 Å². The molecule has 0 saturated carbocycles. The lowest BCUT2D eigenvalue weighted by Crippen LogP contribution is -2.10. The van der Waals surface area contributed by atoms with Gasteiger partial charge in [-0.1, -0.05) is 12.1 Å². The predicted molar refractivity (Wildman–Crippen MR) is 126 cm³/mol. The number of ether oxygens (including phenoxy) is 1. The van der Waals surface area contributed by atoms with Crippen LogP contribution in [0.25, 0.3) is 22.3 Å². The van der Waals surface area contributed by atoms with Gasteiger partial charge >= 0.3 is 0 Å². The number of nitrogens with zero attached hydrogens (tertiary/aromatic N) is 3. The Morgan fingerprint density at radius 2 is 1.67 bits per heavy atom. The number of benzene rings is 2. The molecule has 0 radical (unpaired) electrons. The van der Waals surface area contributed by atoms with E-state index >= 15 is 0 Å². The molecular weight excluding hydrogens is 445 g/mol. The van der Waals surface area contributed by atoms with Crippen molar-refractivity contribution in [2.24, 2.45) is 0 Å². The zero-order chi connectivity index (χ0) is 23.4. The maximum Gasteiger partial charge on any atom is 0.245 e. The quantitative estimate of drug-likeness (QED) is 0.400. The van der Waals surface area contributed by atoms with E-state index in [2.05, 4.69) is 25.0 Å². The molecule has 10 heteroatoms. The fourth-order valence-corrected chi connectivity index (χ4v) is 3.74. The van der Waals surface area contributed by atoms with Crippen LogP contribution in [0.2, 0.25) is 0 Å². The summed E-state index contributed by atoms with van der Waals surface area (Å²) in [6, 6.07) is 16.7. The maximum atomic E-state index is 13.2. The maximum absolute atomic E-state index is 13.2. The van der Waals surface area contributed by atoms with Crippen molar-refractivity contribution in [3.8, 4) is 17.1 Å². The second-order valence-corrected chi connectivity index (χ2v) is 9.03. The normalized spacial score (nSPS) is 11.4. The lowest BCUT2D eigenvalue weighted by Gasteiger charge is -2.11. The largest absolute Gasteiger partial charge is 0.476 e. The zero-order valence-corrected chi connectivity index (χ0v) is 18.9. The molecule has 0 spiro atoms. The van der Waals surface area contributed by atoms with E-state index in [1.807, 2.05) is 31.2 Å². The summed E-state index contributed by atoms with van der Waals surface area (Å²) in [7, 11) is -3.32. The Morgan fingerprint density at radius 1 is 0.939 bits per heavy atom. The zero-order valence-electron chi connectivity index (χ0n) is 18.0. The molecule has 170 valence electrons. The Kier molecular flexibility index (Phi) is 6.36. The minimum Gasteiger partial charge on any atom is -0.476 e. The van der Waals surface area contributed by atoms with E-state index in [0.717, 1.165) is 17.4 Å². The van der Waals surface area contributed by atoms with Crippen molar-refractivity contribution in [3.05, 3.63) is 72.0 Å². The lowest BCUT2D eigenvalue weighted by molar-refractivity contribution is 0.330. The van der Waals surface area contributed by atoms with E-state index in [1.54, 1.807) is 24.3 Å². The highest BCUT2D eigenvalue weighted by molar-refractivity contribution is 7.92. The first-order chi connectivity index (χ1) is 15.8. The van der Waals surface area contributed by atoms with Crippen LogP contribution in [-0.2, 0) is 16.6 Å². The molecule has 0 amide bonds. The van der Waals surface area contributed by atoms with Gasteiger partial charge in [0, 0.05) is 17.8 Å². The van der Waals surface area contributed by atoms with Crippen LogP contribution in [0.15, 0.2) is 60.7 Å². The molecule has 2 N–H and O–H groups in total. The molecule has 2 aromatic heterocycles. The van der Waals surface area contributed by atoms with Crippen LogP contribution in [-0.4, -0.2) is 36.2 Å². The van der Waals surface area contributed by atoms with Crippen molar-refractivity contribution in [2.45, 2.75) is 13.5 Å². The average molecular weight is 468 g/mol. The number of sulfonamides is 1. The molecule has 0 unspecified atom stereocenters. The molecule has 8 nitrogen and oxygen atoms in total. The summed E-state index contributed by atoms with van der Waals surface area (Å²) >= 11 is 0. The van der Waals surface area contributed by atoms with Gasteiger partial charge in [-0.3, -0.25) is 4.72 Å². The highest BCUT2D eigenvalue weighted by atomic mass is 32.2. The third kappa shape index (κ3) is 5.72. The monoisotopic (exact) mass is 467 g/mol. The van der Waals surface area contributed by atoms with Crippen molar-refractivity contribution >= 4 is 32.7 Å². The van der Waals surface area contributed by atoms with Gasteiger partial charge in [-0.2, -0.15) is 4.98 Å². The SMILES string of the molecule is CCOc1nc(NCc2ccc(NS(C)(=O)=O)cc2)nc2ccc(-c3ccc(F)cc3)nc12. The number of hydrogen-bond donors (Lipinski definition) is 2. The minimum absolute atomic E-state index is 0.310. The molecule has 0 fully saturated rings. The molecule has 0 bridgehead atoms. The minimum atomic E-state index is -3.32. The van der Waals surface area contributed by atoms with Crippen LogP contribution in [0.5, 0.6) is 5.88 Å². The van der Waals surface area contributed by atoms with E-state index in [1.165, 1.54) is 12.1 Å². The highest BCUT2D eigenvalue weighted by Crippen LogP contribution is 2.27. The van der Waals surface area contributed by atoms with Crippen LogP contribution in [0, 0.1) is 5.82 Å². The van der Waals surface area contributed by atoms with Gasteiger partial charge in [0.1, 0.15) is 5.82 Å². The van der Waals surface area contributed by atoms with Crippen LogP contribution in [0.1, 0.15) is 12.5 Å². The molecule has 0 atom stereocenters. The van der Waals surface area contributed by atoms with Crippen LogP contribution >= 0.6 is 0 Å². The third-order valence-electron chi connectivity index (χ3n) is 4.64. The van der Waals surface area contributed by atoms with Crippen molar-refractivity contribution in [1.29, 1.82) is 0 Å². The fraction of sp³-hybridized carbons (Fsp3) is 0.174. The second-order valence-electron chi connectivity index (χ2n) is 7.28. The number of rotatable bonds is 8. The van der Waals surface area contributed by atoms with Crippen molar-refractivity contribution < 1.29 is 17.5 Å². The Labute approximate surface area is 190 Å². The smallest absolute Gasteiger partial charge is 0.245 e. The Hall–Kier alpha value is -3.79. The molecule has 0 aliphatic rings. The lowest BCUT2D eigenvalue weighted by atomic mass is 10.1. The Bertz CT molecular complexity index is 1380. The summed E-state index contributed by atoms with van der Waals surface area (Å²) in [4.78, 5) is 13.6. The standard InChI is InChI=1S/C23H22FN5O3S/c1-3-32-22-21-20(13-12-19(26-21)16-6-8-17(24)9-7-16)27-23(28-22)25-14-15-4-10-18(11-5-15)29-33(2,30)31/h4-13,29H,3,14H2,1-2H3,(H,25,27,28). The summed E-state index contributed by atoms with van der Waals surface area (Å²) in [5.74, 6) is 0.414. The van der Waals surface area contributed by atoms with Gasteiger partial charge in [0.05, 0.1) is 24.1 Å². The number of aromatic nitrogens is 3. The average Bonchev–Trinajstić information content (AvgIpc) is 2.78. The van der Waals surface area contributed by atoms with E-state index in [0.29, 0.717) is 47.4 Å². The number of anilines is 2. The number of hydrogen-bond acceptors (Lipinski definition) is 7. The van der Waals surface area contributed by atoms with Gasteiger partial charge in [-0.15, -0.1) is 0 Å². The van der Waals surface area contributed by atoms with E-state index in [4.69, 9.17) is 4.74 Å². The molecule has 4 aromatic rings. The van der Waals surface area contributed by atoms with Gasteiger partial charge in [0.15, 0.2) is 5.52 Å². The first-order valence-electron chi connectivity index (χ1n) is 10.2. The molecule has 33 heavy (non-hydrogen) atoms. The Balaban J connectivity index is 1.57. The van der Waals surface area contributed by atoms with E-state index < -0.39 is 10.0 Å². The summed E-state index contributed by atoms with van der Waals surface area (Å²) in [6.45, 7) is 2.69. The van der Waals surface area contributed by atoms with Gasteiger partial charge in [0.25, 0.3) is 0 Å². The molecule has 2 heterocycles. The number of pyridine rings is 1.